The number of benzene rings is 1. The smallest absolute Gasteiger partial charge is 0.262 e. The number of likely N-dealkylation sites (tertiary alicyclic amines) is 1. The number of fused-ring (bicyclic) bond motifs is 1. The van der Waals surface area contributed by atoms with Gasteiger partial charge in [-0.2, -0.15) is 0 Å². The normalized spacial score (nSPS) is 26.7. The third-order valence-corrected chi connectivity index (χ3v) is 6.34. The Morgan fingerprint density at radius 2 is 1.93 bits per heavy atom. The maximum atomic E-state index is 13.1. The number of piperidine rings is 1. The summed E-state index contributed by atoms with van der Waals surface area (Å²) in [5, 5.41) is 5.53. The van der Waals surface area contributed by atoms with Gasteiger partial charge in [0.1, 0.15) is 6.04 Å². The van der Waals surface area contributed by atoms with Crippen molar-refractivity contribution >= 4 is 23.6 Å². The van der Waals surface area contributed by atoms with Crippen molar-refractivity contribution < 1.29 is 19.2 Å². The molecule has 0 saturated carbocycles. The molecule has 0 bridgehead atoms. The average molecular weight is 368 g/mol. The van der Waals surface area contributed by atoms with Crippen molar-refractivity contribution in [3.63, 3.8) is 0 Å². The fraction of sp³-hybridized carbons (Fsp3) is 0.474. The second-order valence-corrected chi connectivity index (χ2v) is 7.79. The van der Waals surface area contributed by atoms with E-state index >= 15 is 0 Å². The van der Waals surface area contributed by atoms with E-state index in [1.807, 2.05) is 6.07 Å². The van der Waals surface area contributed by atoms with Crippen molar-refractivity contribution in [1.82, 2.24) is 20.4 Å². The van der Waals surface area contributed by atoms with Crippen LogP contribution in [0.1, 0.15) is 45.5 Å². The number of imide groups is 2. The van der Waals surface area contributed by atoms with E-state index in [4.69, 9.17) is 0 Å². The Morgan fingerprint density at radius 1 is 1.11 bits per heavy atom. The zero-order valence-corrected chi connectivity index (χ0v) is 14.8. The molecule has 4 heterocycles. The molecule has 8 heteroatoms. The third-order valence-electron chi connectivity index (χ3n) is 6.34. The van der Waals surface area contributed by atoms with Crippen LogP contribution in [-0.4, -0.2) is 64.6 Å². The zero-order valence-electron chi connectivity index (χ0n) is 14.8. The summed E-state index contributed by atoms with van der Waals surface area (Å²) in [6, 6.07) is 4.39. The van der Waals surface area contributed by atoms with Gasteiger partial charge in [0, 0.05) is 38.1 Å². The predicted octanol–water partition coefficient (Wildman–Crippen LogP) is -0.364. The van der Waals surface area contributed by atoms with Crippen molar-refractivity contribution in [2.24, 2.45) is 0 Å². The molecule has 8 nitrogen and oxygen atoms in total. The molecule has 1 aromatic rings. The van der Waals surface area contributed by atoms with Crippen LogP contribution in [0.4, 0.5) is 0 Å². The molecule has 4 aliphatic heterocycles. The number of amides is 4. The zero-order chi connectivity index (χ0) is 18.8. The van der Waals surface area contributed by atoms with Gasteiger partial charge in [0.05, 0.1) is 11.1 Å². The first-order chi connectivity index (χ1) is 13.0. The minimum atomic E-state index is -0.922. The molecule has 5 rings (SSSR count). The number of rotatable bonds is 3. The summed E-state index contributed by atoms with van der Waals surface area (Å²) < 4.78 is 0. The van der Waals surface area contributed by atoms with E-state index in [0.29, 0.717) is 17.7 Å². The van der Waals surface area contributed by atoms with Crippen molar-refractivity contribution in [3.8, 4) is 0 Å². The number of nitrogens with zero attached hydrogens (tertiary/aromatic N) is 2. The molecule has 140 valence electrons. The fourth-order valence-corrected chi connectivity index (χ4v) is 4.57. The Bertz CT molecular complexity index is 886. The van der Waals surface area contributed by atoms with Gasteiger partial charge in [-0.25, -0.2) is 0 Å². The van der Waals surface area contributed by atoms with Gasteiger partial charge in [0.25, 0.3) is 11.8 Å². The Kier molecular flexibility index (Phi) is 3.50. The molecule has 27 heavy (non-hydrogen) atoms. The summed E-state index contributed by atoms with van der Waals surface area (Å²) in [4.78, 5) is 52.9. The van der Waals surface area contributed by atoms with E-state index in [9.17, 15) is 19.2 Å². The first-order valence-electron chi connectivity index (χ1n) is 9.29. The highest BCUT2D eigenvalue weighted by Crippen LogP contribution is 2.37. The lowest BCUT2D eigenvalue weighted by molar-refractivity contribution is -0.136. The van der Waals surface area contributed by atoms with Crippen molar-refractivity contribution in [2.75, 3.05) is 19.6 Å². The molecule has 0 aliphatic carbocycles. The van der Waals surface area contributed by atoms with E-state index in [1.165, 1.54) is 0 Å². The number of carbonyl (C=O) groups is 4. The second-order valence-electron chi connectivity index (χ2n) is 7.79. The highest BCUT2D eigenvalue weighted by atomic mass is 16.2. The van der Waals surface area contributed by atoms with Crippen LogP contribution in [-0.2, 0) is 16.1 Å². The van der Waals surface area contributed by atoms with Crippen LogP contribution in [0, 0.1) is 0 Å². The van der Waals surface area contributed by atoms with Gasteiger partial charge in [0.15, 0.2) is 0 Å². The third kappa shape index (κ3) is 2.30. The van der Waals surface area contributed by atoms with Crippen molar-refractivity contribution in [3.05, 3.63) is 34.9 Å². The number of hydrogen-bond donors (Lipinski definition) is 2. The van der Waals surface area contributed by atoms with Gasteiger partial charge in [0.2, 0.25) is 11.8 Å². The van der Waals surface area contributed by atoms with E-state index in [1.54, 1.807) is 12.1 Å². The molecule has 4 amide bonds. The first-order valence-corrected chi connectivity index (χ1v) is 9.29. The largest absolute Gasteiger partial charge is 0.313 e. The average Bonchev–Trinajstić information content (AvgIpc) is 2.83. The molecular weight excluding hydrogens is 348 g/mol. The molecule has 0 radical (unpaired) electrons. The first kappa shape index (κ1) is 16.6. The number of hydrogen-bond acceptors (Lipinski definition) is 6. The van der Waals surface area contributed by atoms with Crippen LogP contribution < -0.4 is 10.6 Å². The van der Waals surface area contributed by atoms with Crippen LogP contribution in [0.5, 0.6) is 0 Å². The monoisotopic (exact) mass is 368 g/mol. The van der Waals surface area contributed by atoms with Crippen LogP contribution in [0.2, 0.25) is 0 Å². The summed E-state index contributed by atoms with van der Waals surface area (Å²) in [6.45, 7) is 3.51. The molecule has 1 unspecified atom stereocenters. The number of nitrogens with one attached hydrogen (secondary N) is 2. The molecule has 1 spiro atoms. The topological polar surface area (TPSA) is 98.8 Å². The predicted molar refractivity (Wildman–Crippen MR) is 93.7 cm³/mol. The van der Waals surface area contributed by atoms with Gasteiger partial charge >= 0.3 is 0 Å². The van der Waals surface area contributed by atoms with E-state index < -0.39 is 23.8 Å². The van der Waals surface area contributed by atoms with Crippen LogP contribution in [0.3, 0.4) is 0 Å². The van der Waals surface area contributed by atoms with Crippen LogP contribution in [0.25, 0.3) is 0 Å². The van der Waals surface area contributed by atoms with Crippen molar-refractivity contribution in [2.45, 2.75) is 37.4 Å². The summed E-state index contributed by atoms with van der Waals surface area (Å²) in [6.07, 6.45) is 1.44. The molecule has 1 atom stereocenters. The van der Waals surface area contributed by atoms with Gasteiger partial charge in [-0.3, -0.25) is 34.3 Å². The van der Waals surface area contributed by atoms with Gasteiger partial charge in [-0.05, 0) is 24.5 Å². The van der Waals surface area contributed by atoms with Gasteiger partial charge in [-0.1, -0.05) is 12.1 Å². The van der Waals surface area contributed by atoms with E-state index in [2.05, 4.69) is 15.5 Å². The quantitative estimate of drug-likeness (QED) is 0.707. The summed E-state index contributed by atoms with van der Waals surface area (Å²) in [5.74, 6) is -1.83. The Hall–Kier alpha value is -2.58. The second kappa shape index (κ2) is 5.71. The molecule has 3 saturated heterocycles. The summed E-state index contributed by atoms with van der Waals surface area (Å²) in [5.41, 5.74) is 1.77. The lowest BCUT2D eigenvalue weighted by Crippen LogP contribution is -2.75. The Labute approximate surface area is 155 Å². The SMILES string of the molecule is O=C1CCC(N2C(=O)c3cccc(CN4CCC45CNC5)c3C2=O)C(=O)N1. The highest BCUT2D eigenvalue weighted by molar-refractivity contribution is 6.24. The lowest BCUT2D eigenvalue weighted by Gasteiger charge is -2.59. The fourth-order valence-electron chi connectivity index (χ4n) is 4.57. The van der Waals surface area contributed by atoms with Gasteiger partial charge < -0.3 is 5.32 Å². The maximum absolute atomic E-state index is 13.1. The van der Waals surface area contributed by atoms with Crippen LogP contribution in [0.15, 0.2) is 18.2 Å². The summed E-state index contributed by atoms with van der Waals surface area (Å²) >= 11 is 0. The molecule has 3 fully saturated rings. The van der Waals surface area contributed by atoms with Crippen molar-refractivity contribution in [1.29, 1.82) is 0 Å². The molecule has 1 aromatic carbocycles. The number of carbonyl (C=O) groups excluding carboxylic acids is 4. The molecule has 4 aliphatic rings. The molecular formula is C19H20N4O4. The molecule has 2 N–H and O–H groups in total. The lowest BCUT2D eigenvalue weighted by atomic mass is 9.78. The summed E-state index contributed by atoms with van der Waals surface area (Å²) in [7, 11) is 0. The minimum absolute atomic E-state index is 0.125. The highest BCUT2D eigenvalue weighted by Gasteiger charge is 2.50. The van der Waals surface area contributed by atoms with E-state index in [-0.39, 0.29) is 24.3 Å². The standard InChI is InChI=1S/C19H20N4O4/c24-14-5-4-13(16(25)21-14)23-17(26)12-3-1-2-11(15(12)18(23)27)8-22-7-6-19(22)9-20-10-19/h1-3,13,20H,4-10H2,(H,21,24,25). The van der Waals surface area contributed by atoms with E-state index in [0.717, 1.165) is 36.5 Å². The van der Waals surface area contributed by atoms with Crippen LogP contribution >= 0.6 is 0 Å². The Balaban J connectivity index is 1.44. The molecule has 0 aromatic heterocycles. The maximum Gasteiger partial charge on any atom is 0.262 e. The van der Waals surface area contributed by atoms with Gasteiger partial charge in [-0.15, -0.1) is 0 Å². The Morgan fingerprint density at radius 3 is 2.56 bits per heavy atom. The minimum Gasteiger partial charge on any atom is -0.313 e.